The van der Waals surface area contributed by atoms with E-state index in [9.17, 15) is 9.59 Å². The molecule has 3 heterocycles. The van der Waals surface area contributed by atoms with Gasteiger partial charge in [0.15, 0.2) is 0 Å². The molecule has 29 heavy (non-hydrogen) atoms. The Hall–Kier alpha value is -1.36. The molecule has 3 saturated heterocycles. The Morgan fingerprint density at radius 2 is 1.93 bits per heavy atom. The summed E-state index contributed by atoms with van der Waals surface area (Å²) in [6, 6.07) is 1.04. The predicted octanol–water partition coefficient (Wildman–Crippen LogP) is 2.93. The van der Waals surface area contributed by atoms with Crippen molar-refractivity contribution in [3.8, 4) is 0 Å². The van der Waals surface area contributed by atoms with Gasteiger partial charge < -0.3 is 9.47 Å². The van der Waals surface area contributed by atoms with Gasteiger partial charge in [-0.3, -0.25) is 14.5 Å². The van der Waals surface area contributed by atoms with Crippen LogP contribution >= 0.6 is 0 Å². The molecule has 9 aliphatic rings. The van der Waals surface area contributed by atoms with Crippen molar-refractivity contribution < 1.29 is 19.1 Å². The number of hydrogen-bond acceptors (Lipinski definition) is 5. The first-order chi connectivity index (χ1) is 13.7. The maximum Gasteiger partial charge on any atom is 0.303 e. The van der Waals surface area contributed by atoms with Crippen molar-refractivity contribution in [3.63, 3.8) is 0 Å². The zero-order valence-corrected chi connectivity index (χ0v) is 17.6. The lowest BCUT2D eigenvalue weighted by Crippen LogP contribution is -2.66. The number of ether oxygens (including phenoxy) is 2. The molecule has 6 aliphatic carbocycles. The average Bonchev–Trinajstić information content (AvgIpc) is 3.05. The van der Waals surface area contributed by atoms with Crippen LogP contribution in [0.25, 0.3) is 0 Å². The van der Waals surface area contributed by atoms with E-state index in [0.29, 0.717) is 41.2 Å². The van der Waals surface area contributed by atoms with Crippen LogP contribution in [0.15, 0.2) is 12.2 Å². The van der Waals surface area contributed by atoms with Gasteiger partial charge in [0.25, 0.3) is 0 Å². The molecule has 3 aliphatic heterocycles. The molecule has 0 aromatic rings. The summed E-state index contributed by atoms with van der Waals surface area (Å²) in [5.74, 6) is 1.77. The van der Waals surface area contributed by atoms with E-state index in [1.165, 1.54) is 13.0 Å². The summed E-state index contributed by atoms with van der Waals surface area (Å²) in [7, 11) is 0. The molecular formula is C24H31NO4. The van der Waals surface area contributed by atoms with Crippen LogP contribution in [0.4, 0.5) is 0 Å². The van der Waals surface area contributed by atoms with E-state index in [0.717, 1.165) is 31.3 Å². The highest BCUT2D eigenvalue weighted by atomic mass is 16.5. The first-order valence-corrected chi connectivity index (χ1v) is 11.5. The van der Waals surface area contributed by atoms with E-state index in [1.807, 2.05) is 0 Å². The lowest BCUT2D eigenvalue weighted by atomic mass is 9.39. The second kappa shape index (κ2) is 4.76. The second-order valence-electron chi connectivity index (χ2n) is 11.7. The van der Waals surface area contributed by atoms with Crippen molar-refractivity contribution in [2.45, 2.75) is 77.2 Å². The third-order valence-electron chi connectivity index (χ3n) is 10.9. The van der Waals surface area contributed by atoms with Gasteiger partial charge in [0.2, 0.25) is 0 Å². The fourth-order valence-corrected chi connectivity index (χ4v) is 11.0. The van der Waals surface area contributed by atoms with Gasteiger partial charge in [0.1, 0.15) is 12.2 Å². The van der Waals surface area contributed by atoms with Crippen LogP contribution in [0, 0.1) is 39.9 Å². The molecule has 156 valence electrons. The highest BCUT2D eigenvalue weighted by Crippen LogP contribution is 2.87. The van der Waals surface area contributed by atoms with Gasteiger partial charge >= 0.3 is 11.9 Å². The number of nitrogens with zero attached hydrogens (tertiary/aromatic N) is 1. The third kappa shape index (κ3) is 1.54. The summed E-state index contributed by atoms with van der Waals surface area (Å²) < 4.78 is 12.2. The van der Waals surface area contributed by atoms with Crippen LogP contribution in [0.3, 0.4) is 0 Å². The first kappa shape index (κ1) is 17.3. The highest BCUT2D eigenvalue weighted by molar-refractivity contribution is 5.67. The minimum absolute atomic E-state index is 0.0147. The van der Waals surface area contributed by atoms with Crippen LogP contribution in [0.2, 0.25) is 0 Å². The van der Waals surface area contributed by atoms with Crippen LogP contribution in [0.5, 0.6) is 0 Å². The van der Waals surface area contributed by atoms with Crippen molar-refractivity contribution in [1.82, 2.24) is 4.90 Å². The molecule has 1 unspecified atom stereocenters. The lowest BCUT2D eigenvalue weighted by molar-refractivity contribution is -0.213. The molecule has 0 amide bonds. The minimum Gasteiger partial charge on any atom is -0.462 e. The Morgan fingerprint density at radius 3 is 2.66 bits per heavy atom. The normalized spacial score (nSPS) is 61.9. The number of fused-ring (bicyclic) bond motifs is 1. The van der Waals surface area contributed by atoms with Gasteiger partial charge in [-0.05, 0) is 66.8 Å². The van der Waals surface area contributed by atoms with Crippen molar-refractivity contribution in [2.24, 2.45) is 39.9 Å². The van der Waals surface area contributed by atoms with Gasteiger partial charge in [-0.1, -0.05) is 13.5 Å². The Labute approximate surface area is 172 Å². The maximum atomic E-state index is 12.1. The summed E-state index contributed by atoms with van der Waals surface area (Å²) in [5.41, 5.74) is 1.57. The molecular weight excluding hydrogens is 366 g/mol. The smallest absolute Gasteiger partial charge is 0.303 e. The van der Waals surface area contributed by atoms with E-state index >= 15 is 0 Å². The molecule has 2 spiro atoms. The summed E-state index contributed by atoms with van der Waals surface area (Å²) >= 11 is 0. The second-order valence-corrected chi connectivity index (χ2v) is 11.7. The van der Waals surface area contributed by atoms with Crippen molar-refractivity contribution in [3.05, 3.63) is 12.2 Å². The Kier molecular flexibility index (Phi) is 2.85. The van der Waals surface area contributed by atoms with E-state index in [1.54, 1.807) is 13.8 Å². The molecule has 0 radical (unpaired) electrons. The molecule has 9 rings (SSSR count). The van der Waals surface area contributed by atoms with Crippen molar-refractivity contribution in [2.75, 3.05) is 6.54 Å². The zero-order valence-electron chi connectivity index (χ0n) is 17.6. The topological polar surface area (TPSA) is 55.8 Å². The lowest BCUT2D eigenvalue weighted by Gasteiger charge is -2.65. The summed E-state index contributed by atoms with van der Waals surface area (Å²) in [6.07, 6.45) is 5.50. The molecule has 5 heteroatoms. The standard InChI is InChI=1S/C24H31NO4/c1-11-14-7-15-20-24-17(8-14)23(15,21(11)29-13(3)27)9-16-19(24)22(4,10-25(16)20)6-5-18(24)28-12(2)26/h14-21H,1,5-10H2,2-4H3/t14-,15+,16-,17+,18+,19+,20+,21+,22-,23+,24-/m0/s1. The van der Waals surface area contributed by atoms with Crippen molar-refractivity contribution in [1.29, 1.82) is 0 Å². The molecule has 9 bridgehead atoms. The third-order valence-corrected chi connectivity index (χ3v) is 10.9. The number of esters is 2. The molecule has 9 fully saturated rings. The average molecular weight is 398 g/mol. The van der Waals surface area contributed by atoms with E-state index in [2.05, 4.69) is 18.4 Å². The molecule has 0 aromatic heterocycles. The van der Waals surface area contributed by atoms with E-state index in [-0.39, 0.29) is 35.0 Å². The monoisotopic (exact) mass is 397 g/mol. The fraction of sp³-hybridized carbons (Fsp3) is 0.833. The molecule has 5 nitrogen and oxygen atoms in total. The largest absolute Gasteiger partial charge is 0.462 e. The minimum atomic E-state index is -0.181. The number of carbonyl (C=O) groups excluding carboxylic acids is 2. The van der Waals surface area contributed by atoms with Gasteiger partial charge in [-0.25, -0.2) is 0 Å². The van der Waals surface area contributed by atoms with Gasteiger partial charge in [-0.15, -0.1) is 0 Å². The molecule has 12 atom stereocenters. The number of carbonyl (C=O) groups is 2. The molecule has 6 saturated carbocycles. The Morgan fingerprint density at radius 1 is 1.17 bits per heavy atom. The van der Waals surface area contributed by atoms with Gasteiger partial charge in [0, 0.05) is 43.3 Å². The maximum absolute atomic E-state index is 12.1. The van der Waals surface area contributed by atoms with E-state index < -0.39 is 0 Å². The van der Waals surface area contributed by atoms with Gasteiger partial charge in [0.05, 0.1) is 0 Å². The fourth-order valence-electron chi connectivity index (χ4n) is 11.0. The Balaban J connectivity index is 1.45. The summed E-state index contributed by atoms with van der Waals surface area (Å²) in [5, 5.41) is 0. The SMILES string of the molecule is C=C1[C@H]2C[C@@H]3[C@H]4N5C[C@]6(C)CC[C@@H](OC(C)=O)[C@@]47[C@@H]6[C@@H]5C[C@]3([C@@H]1OC(C)=O)[C@H]7C2. The molecule has 0 N–H and O–H groups in total. The van der Waals surface area contributed by atoms with Crippen LogP contribution in [0.1, 0.15) is 52.9 Å². The number of hydrogen-bond donors (Lipinski definition) is 0. The van der Waals surface area contributed by atoms with Crippen LogP contribution in [-0.2, 0) is 19.1 Å². The van der Waals surface area contributed by atoms with Crippen molar-refractivity contribution >= 4 is 11.9 Å². The molecule has 0 aromatic carbocycles. The number of rotatable bonds is 2. The Bertz CT molecular complexity index is 884. The summed E-state index contributed by atoms with van der Waals surface area (Å²) in [4.78, 5) is 27.1. The van der Waals surface area contributed by atoms with Gasteiger partial charge in [-0.2, -0.15) is 0 Å². The highest BCUT2D eigenvalue weighted by Gasteiger charge is 2.90. The summed E-state index contributed by atoms with van der Waals surface area (Å²) in [6.45, 7) is 11.3. The first-order valence-electron chi connectivity index (χ1n) is 11.5. The number of piperidine rings is 2. The van der Waals surface area contributed by atoms with E-state index in [4.69, 9.17) is 9.47 Å². The predicted molar refractivity (Wildman–Crippen MR) is 105 cm³/mol. The van der Waals surface area contributed by atoms with Crippen LogP contribution in [-0.4, -0.2) is 47.7 Å². The van der Waals surface area contributed by atoms with Crippen LogP contribution < -0.4 is 0 Å². The quantitative estimate of drug-likeness (QED) is 0.530. The zero-order chi connectivity index (χ0) is 20.1.